The van der Waals surface area contributed by atoms with Crippen LogP contribution in [0.3, 0.4) is 0 Å². The van der Waals surface area contributed by atoms with E-state index in [1.54, 1.807) is 18.2 Å². The van der Waals surface area contributed by atoms with Crippen LogP contribution in [-0.4, -0.2) is 4.98 Å². The molecule has 0 aliphatic heterocycles. The number of halogens is 1. The minimum absolute atomic E-state index is 0.242. The lowest BCUT2D eigenvalue weighted by molar-refractivity contribution is 0.590. The van der Waals surface area contributed by atoms with Crippen LogP contribution in [0.1, 0.15) is 11.5 Å². The molecule has 0 saturated carbocycles. The molecule has 2 aromatic carbocycles. The molecule has 0 fully saturated rings. The van der Waals surface area contributed by atoms with Gasteiger partial charge < -0.3 is 4.42 Å². The summed E-state index contributed by atoms with van der Waals surface area (Å²) in [6, 6.07) is 13.8. The van der Waals surface area contributed by atoms with Crippen LogP contribution in [0, 0.1) is 5.82 Å². The zero-order chi connectivity index (χ0) is 12.4. The minimum Gasteiger partial charge on any atom is -0.437 e. The largest absolute Gasteiger partial charge is 0.437 e. The van der Waals surface area contributed by atoms with E-state index < -0.39 is 0 Å². The van der Waals surface area contributed by atoms with Crippen molar-refractivity contribution in [3.05, 3.63) is 65.8 Å². The van der Waals surface area contributed by atoms with Gasteiger partial charge >= 0.3 is 0 Å². The van der Waals surface area contributed by atoms with E-state index in [4.69, 9.17) is 4.42 Å². The molecule has 0 aliphatic carbocycles. The van der Waals surface area contributed by atoms with Crippen LogP contribution in [0.5, 0.6) is 0 Å². The number of oxazole rings is 1. The number of para-hydroxylation sites is 2. The molecule has 1 aromatic heterocycles. The van der Waals surface area contributed by atoms with Crippen molar-refractivity contribution in [1.82, 2.24) is 4.98 Å². The highest BCUT2D eigenvalue weighted by atomic mass is 19.1. The highest BCUT2D eigenvalue weighted by Gasteiger charge is 2.00. The van der Waals surface area contributed by atoms with E-state index in [0.29, 0.717) is 5.89 Å². The van der Waals surface area contributed by atoms with Crippen LogP contribution in [0.2, 0.25) is 0 Å². The molecule has 0 bridgehead atoms. The van der Waals surface area contributed by atoms with Gasteiger partial charge in [-0.2, -0.15) is 0 Å². The lowest BCUT2D eigenvalue weighted by atomic mass is 10.2. The van der Waals surface area contributed by atoms with Crippen molar-refractivity contribution in [1.29, 1.82) is 0 Å². The number of aromatic nitrogens is 1. The molecule has 0 radical (unpaired) electrons. The summed E-state index contributed by atoms with van der Waals surface area (Å²) in [5.74, 6) is 0.300. The van der Waals surface area contributed by atoms with E-state index in [9.17, 15) is 4.39 Å². The van der Waals surface area contributed by atoms with Crippen molar-refractivity contribution < 1.29 is 8.81 Å². The van der Waals surface area contributed by atoms with Gasteiger partial charge in [0.15, 0.2) is 5.58 Å². The van der Waals surface area contributed by atoms with E-state index in [1.165, 1.54) is 12.1 Å². The van der Waals surface area contributed by atoms with Crippen molar-refractivity contribution in [3.63, 3.8) is 0 Å². The summed E-state index contributed by atoms with van der Waals surface area (Å²) in [5.41, 5.74) is 2.49. The molecule has 0 spiro atoms. The van der Waals surface area contributed by atoms with Crippen molar-refractivity contribution in [2.24, 2.45) is 0 Å². The molecule has 3 rings (SSSR count). The molecule has 18 heavy (non-hydrogen) atoms. The molecular weight excluding hydrogens is 229 g/mol. The third-order valence-corrected chi connectivity index (χ3v) is 2.60. The van der Waals surface area contributed by atoms with Crippen LogP contribution < -0.4 is 0 Å². The molecule has 0 N–H and O–H groups in total. The first-order valence-corrected chi connectivity index (χ1v) is 5.60. The van der Waals surface area contributed by atoms with E-state index >= 15 is 0 Å². The molecule has 0 atom stereocenters. The van der Waals surface area contributed by atoms with Crippen LogP contribution in [-0.2, 0) is 0 Å². The monoisotopic (exact) mass is 239 g/mol. The Morgan fingerprint density at radius 1 is 0.944 bits per heavy atom. The van der Waals surface area contributed by atoms with Gasteiger partial charge in [-0.3, -0.25) is 0 Å². The standard InChI is InChI=1S/C15H10FNO/c16-12-8-5-11(6-9-12)7-10-15-17-13-3-1-2-4-14(13)18-15/h1-10H/b10-7+. The second-order valence-corrected chi connectivity index (χ2v) is 3.90. The molecule has 0 unspecified atom stereocenters. The topological polar surface area (TPSA) is 26.0 Å². The molecule has 1 heterocycles. The summed E-state index contributed by atoms with van der Waals surface area (Å²) in [5, 5.41) is 0. The number of nitrogens with zero attached hydrogens (tertiary/aromatic N) is 1. The number of rotatable bonds is 2. The highest BCUT2D eigenvalue weighted by Crippen LogP contribution is 2.16. The fraction of sp³-hybridized carbons (Fsp3) is 0. The van der Waals surface area contributed by atoms with E-state index in [2.05, 4.69) is 4.98 Å². The SMILES string of the molecule is Fc1ccc(/C=C/c2nc3ccccc3o2)cc1. The number of hydrogen-bond donors (Lipinski definition) is 0. The lowest BCUT2D eigenvalue weighted by Crippen LogP contribution is -1.74. The summed E-state index contributed by atoms with van der Waals surface area (Å²) in [6.45, 7) is 0. The van der Waals surface area contributed by atoms with Crippen molar-refractivity contribution in [3.8, 4) is 0 Å². The normalized spacial score (nSPS) is 11.4. The predicted octanol–water partition coefficient (Wildman–Crippen LogP) is 4.14. The number of fused-ring (bicyclic) bond motifs is 1. The smallest absolute Gasteiger partial charge is 0.220 e. The zero-order valence-electron chi connectivity index (χ0n) is 9.51. The van der Waals surface area contributed by atoms with Crippen LogP contribution in [0.25, 0.3) is 23.3 Å². The Kier molecular flexibility index (Phi) is 2.65. The Bertz CT molecular complexity index is 665. The summed E-state index contributed by atoms with van der Waals surface area (Å²) in [6.07, 6.45) is 3.61. The quantitative estimate of drug-likeness (QED) is 0.671. The molecular formula is C15H10FNO. The summed E-state index contributed by atoms with van der Waals surface area (Å²) < 4.78 is 18.3. The van der Waals surface area contributed by atoms with E-state index in [-0.39, 0.29) is 5.82 Å². The van der Waals surface area contributed by atoms with Crippen molar-refractivity contribution >= 4 is 23.3 Å². The highest BCUT2D eigenvalue weighted by molar-refractivity contribution is 5.75. The van der Waals surface area contributed by atoms with Crippen LogP contribution in [0.4, 0.5) is 4.39 Å². The van der Waals surface area contributed by atoms with E-state index in [1.807, 2.05) is 30.3 Å². The Morgan fingerprint density at radius 3 is 2.50 bits per heavy atom. The van der Waals surface area contributed by atoms with Gasteiger partial charge in [0.1, 0.15) is 11.3 Å². The van der Waals surface area contributed by atoms with Gasteiger partial charge in [-0.25, -0.2) is 9.37 Å². The van der Waals surface area contributed by atoms with E-state index in [0.717, 1.165) is 16.7 Å². The third-order valence-electron chi connectivity index (χ3n) is 2.60. The molecule has 2 nitrogen and oxygen atoms in total. The average Bonchev–Trinajstić information content (AvgIpc) is 2.81. The average molecular weight is 239 g/mol. The van der Waals surface area contributed by atoms with Crippen molar-refractivity contribution in [2.75, 3.05) is 0 Å². The lowest BCUT2D eigenvalue weighted by Gasteiger charge is -1.91. The first-order valence-electron chi connectivity index (χ1n) is 5.60. The maximum Gasteiger partial charge on any atom is 0.220 e. The van der Waals surface area contributed by atoms with Crippen LogP contribution >= 0.6 is 0 Å². The molecule has 0 saturated heterocycles. The van der Waals surface area contributed by atoms with Gasteiger partial charge in [0.05, 0.1) is 0 Å². The Balaban J connectivity index is 1.89. The number of benzene rings is 2. The summed E-state index contributed by atoms with van der Waals surface area (Å²) in [4.78, 5) is 4.32. The Hall–Kier alpha value is -2.42. The summed E-state index contributed by atoms with van der Waals surface area (Å²) in [7, 11) is 0. The fourth-order valence-corrected chi connectivity index (χ4v) is 1.70. The van der Waals surface area contributed by atoms with Gasteiger partial charge in [-0.05, 0) is 35.9 Å². The number of hydrogen-bond acceptors (Lipinski definition) is 2. The second-order valence-electron chi connectivity index (χ2n) is 3.90. The maximum absolute atomic E-state index is 12.7. The summed E-state index contributed by atoms with van der Waals surface area (Å²) >= 11 is 0. The molecule has 3 aromatic rings. The van der Waals surface area contributed by atoms with Crippen LogP contribution in [0.15, 0.2) is 52.9 Å². The zero-order valence-corrected chi connectivity index (χ0v) is 9.51. The first kappa shape index (κ1) is 10.7. The van der Waals surface area contributed by atoms with Gasteiger partial charge in [-0.1, -0.05) is 24.3 Å². The molecule has 88 valence electrons. The van der Waals surface area contributed by atoms with Gasteiger partial charge in [0.25, 0.3) is 0 Å². The van der Waals surface area contributed by atoms with Gasteiger partial charge in [0.2, 0.25) is 5.89 Å². The Labute approximate surface area is 103 Å². The van der Waals surface area contributed by atoms with Gasteiger partial charge in [0, 0.05) is 6.08 Å². The minimum atomic E-state index is -0.242. The predicted molar refractivity (Wildman–Crippen MR) is 69.3 cm³/mol. The maximum atomic E-state index is 12.7. The fourth-order valence-electron chi connectivity index (χ4n) is 1.70. The third kappa shape index (κ3) is 2.15. The Morgan fingerprint density at radius 2 is 1.72 bits per heavy atom. The molecule has 0 amide bonds. The van der Waals surface area contributed by atoms with Crippen molar-refractivity contribution in [2.45, 2.75) is 0 Å². The second kappa shape index (κ2) is 4.45. The van der Waals surface area contributed by atoms with Gasteiger partial charge in [-0.15, -0.1) is 0 Å². The first-order chi connectivity index (χ1) is 8.81. The molecule has 3 heteroatoms. The molecule has 0 aliphatic rings.